The molecule has 1 rings (SSSR count). The number of carbonyl (C=O) groups excluding carboxylic acids is 1. The fourth-order valence-corrected chi connectivity index (χ4v) is 4.48. The van der Waals surface area contributed by atoms with Crippen LogP contribution in [0.5, 0.6) is 0 Å². The summed E-state index contributed by atoms with van der Waals surface area (Å²) in [5.41, 5.74) is 1.54. The second-order valence-corrected chi connectivity index (χ2v) is 7.33. The molecule has 106 valence electrons. The Kier molecular flexibility index (Phi) is 5.12. The van der Waals surface area contributed by atoms with Gasteiger partial charge in [-0.15, -0.1) is 0 Å². The largest absolute Gasteiger partial charge is 0.306 e. The SMILES string of the molecule is CCCCS(=O)(=O)C1(C(=O)NO)CCN(C)CC1. The molecule has 0 aromatic carbocycles. The molecule has 0 radical (unpaired) electrons. The van der Waals surface area contributed by atoms with Crippen LogP contribution in [0.15, 0.2) is 0 Å². The number of sulfone groups is 1. The van der Waals surface area contributed by atoms with E-state index in [1.165, 1.54) is 5.48 Å². The lowest BCUT2D eigenvalue weighted by Gasteiger charge is -2.38. The van der Waals surface area contributed by atoms with Crippen LogP contribution in [0.25, 0.3) is 0 Å². The summed E-state index contributed by atoms with van der Waals surface area (Å²) in [6.45, 7) is 2.99. The minimum absolute atomic E-state index is 0.000629. The maximum Gasteiger partial charge on any atom is 0.264 e. The van der Waals surface area contributed by atoms with E-state index in [2.05, 4.69) is 0 Å². The molecule has 1 saturated heterocycles. The monoisotopic (exact) mass is 278 g/mol. The Morgan fingerprint density at radius 2 is 1.94 bits per heavy atom. The van der Waals surface area contributed by atoms with Gasteiger partial charge < -0.3 is 4.90 Å². The summed E-state index contributed by atoms with van der Waals surface area (Å²) in [6.07, 6.45) is 1.78. The van der Waals surface area contributed by atoms with Gasteiger partial charge in [0, 0.05) is 0 Å². The fourth-order valence-electron chi connectivity index (χ4n) is 2.29. The van der Waals surface area contributed by atoms with Crippen molar-refractivity contribution in [1.82, 2.24) is 10.4 Å². The van der Waals surface area contributed by atoms with E-state index in [-0.39, 0.29) is 18.6 Å². The maximum absolute atomic E-state index is 12.4. The molecule has 0 unspecified atom stereocenters. The summed E-state index contributed by atoms with van der Waals surface area (Å²) >= 11 is 0. The second-order valence-electron chi connectivity index (χ2n) is 4.91. The van der Waals surface area contributed by atoms with E-state index in [4.69, 9.17) is 5.21 Å². The predicted molar refractivity (Wildman–Crippen MR) is 68.1 cm³/mol. The molecule has 1 amide bonds. The standard InChI is InChI=1S/C11H22N2O4S/c1-3-4-9-18(16,17)11(10(14)12-15)5-7-13(2)8-6-11/h15H,3-9H2,1-2H3,(H,12,14). The van der Waals surface area contributed by atoms with E-state index >= 15 is 0 Å². The van der Waals surface area contributed by atoms with Crippen LogP contribution in [0.4, 0.5) is 0 Å². The Balaban J connectivity index is 3.02. The number of nitrogens with one attached hydrogen (secondary N) is 1. The molecule has 18 heavy (non-hydrogen) atoms. The molecule has 0 bridgehead atoms. The minimum atomic E-state index is -3.54. The lowest BCUT2D eigenvalue weighted by Crippen LogP contribution is -2.57. The Morgan fingerprint density at radius 1 is 1.39 bits per heavy atom. The summed E-state index contributed by atoms with van der Waals surface area (Å²) in [5, 5.41) is 8.83. The van der Waals surface area contributed by atoms with Crippen molar-refractivity contribution in [1.29, 1.82) is 0 Å². The van der Waals surface area contributed by atoms with Crippen LogP contribution in [0.3, 0.4) is 0 Å². The van der Waals surface area contributed by atoms with E-state index in [0.717, 1.165) is 6.42 Å². The number of amides is 1. The van der Waals surface area contributed by atoms with E-state index in [1.807, 2.05) is 18.9 Å². The van der Waals surface area contributed by atoms with Crippen LogP contribution in [-0.4, -0.2) is 55.1 Å². The second kappa shape index (κ2) is 5.99. The van der Waals surface area contributed by atoms with Gasteiger partial charge in [-0.2, -0.15) is 0 Å². The highest BCUT2D eigenvalue weighted by Gasteiger charge is 2.51. The van der Waals surface area contributed by atoms with Crippen molar-refractivity contribution >= 4 is 15.7 Å². The van der Waals surface area contributed by atoms with Gasteiger partial charge in [0.15, 0.2) is 14.6 Å². The zero-order valence-electron chi connectivity index (χ0n) is 11.0. The van der Waals surface area contributed by atoms with Crippen LogP contribution in [0.1, 0.15) is 32.6 Å². The Labute approximate surface area is 108 Å². The summed E-state index contributed by atoms with van der Waals surface area (Å²) in [6, 6.07) is 0. The number of unbranched alkanes of at least 4 members (excludes halogenated alkanes) is 1. The normalized spacial score (nSPS) is 20.6. The molecule has 7 heteroatoms. The Bertz CT molecular complexity index is 386. The first kappa shape index (κ1) is 15.4. The van der Waals surface area contributed by atoms with Gasteiger partial charge in [0.05, 0.1) is 5.75 Å². The zero-order chi connectivity index (χ0) is 13.8. The van der Waals surface area contributed by atoms with Gasteiger partial charge in [-0.25, -0.2) is 13.9 Å². The average molecular weight is 278 g/mol. The number of carbonyl (C=O) groups is 1. The number of hydroxylamine groups is 1. The highest BCUT2D eigenvalue weighted by atomic mass is 32.2. The molecule has 2 N–H and O–H groups in total. The quantitative estimate of drug-likeness (QED) is 0.553. The molecule has 0 aliphatic carbocycles. The van der Waals surface area contributed by atoms with Crippen molar-refractivity contribution in [2.75, 3.05) is 25.9 Å². The van der Waals surface area contributed by atoms with Crippen molar-refractivity contribution in [2.45, 2.75) is 37.4 Å². The van der Waals surface area contributed by atoms with Crippen molar-refractivity contribution in [3.05, 3.63) is 0 Å². The van der Waals surface area contributed by atoms with Crippen molar-refractivity contribution in [3.8, 4) is 0 Å². The maximum atomic E-state index is 12.4. The lowest BCUT2D eigenvalue weighted by atomic mass is 9.95. The molecule has 1 aliphatic heterocycles. The topological polar surface area (TPSA) is 86.7 Å². The third-order valence-electron chi connectivity index (χ3n) is 3.67. The summed E-state index contributed by atoms with van der Waals surface area (Å²) in [5.74, 6) is -0.785. The van der Waals surface area contributed by atoms with Gasteiger partial charge in [-0.3, -0.25) is 10.0 Å². The number of hydrogen-bond donors (Lipinski definition) is 2. The van der Waals surface area contributed by atoms with Crippen molar-refractivity contribution in [2.24, 2.45) is 0 Å². The zero-order valence-corrected chi connectivity index (χ0v) is 11.8. The Hall–Kier alpha value is -0.660. The van der Waals surface area contributed by atoms with Crippen molar-refractivity contribution in [3.63, 3.8) is 0 Å². The number of rotatable bonds is 5. The van der Waals surface area contributed by atoms with E-state index in [0.29, 0.717) is 19.5 Å². The molecule has 1 aliphatic rings. The van der Waals surface area contributed by atoms with Gasteiger partial charge in [0.25, 0.3) is 5.91 Å². The van der Waals surface area contributed by atoms with Crippen LogP contribution in [-0.2, 0) is 14.6 Å². The molecular formula is C11H22N2O4S. The average Bonchev–Trinajstić information content (AvgIpc) is 2.36. The van der Waals surface area contributed by atoms with Gasteiger partial charge in [0.1, 0.15) is 0 Å². The van der Waals surface area contributed by atoms with Crippen LogP contribution in [0.2, 0.25) is 0 Å². The summed E-state index contributed by atoms with van der Waals surface area (Å²) < 4.78 is 23.3. The number of likely N-dealkylation sites (tertiary alicyclic amines) is 1. The molecule has 1 heterocycles. The van der Waals surface area contributed by atoms with Crippen LogP contribution < -0.4 is 5.48 Å². The predicted octanol–water partition coefficient (Wildman–Crippen LogP) is 0.171. The number of piperidine rings is 1. The Morgan fingerprint density at radius 3 is 2.39 bits per heavy atom. The summed E-state index contributed by atoms with van der Waals surface area (Å²) in [7, 11) is -1.65. The van der Waals surface area contributed by atoms with Crippen molar-refractivity contribution < 1.29 is 18.4 Å². The molecule has 0 atom stereocenters. The van der Waals surface area contributed by atoms with E-state index < -0.39 is 20.5 Å². The molecule has 6 nitrogen and oxygen atoms in total. The molecule has 0 spiro atoms. The molecule has 1 fully saturated rings. The van der Waals surface area contributed by atoms with Gasteiger partial charge in [-0.05, 0) is 39.4 Å². The fraction of sp³-hybridized carbons (Fsp3) is 0.909. The van der Waals surface area contributed by atoms with Crippen LogP contribution in [0, 0.1) is 0 Å². The van der Waals surface area contributed by atoms with Crippen LogP contribution >= 0.6 is 0 Å². The molecule has 0 saturated carbocycles. The highest BCUT2D eigenvalue weighted by molar-refractivity contribution is 7.93. The lowest BCUT2D eigenvalue weighted by molar-refractivity contribution is -0.133. The summed E-state index contributed by atoms with van der Waals surface area (Å²) in [4.78, 5) is 13.8. The van der Waals surface area contributed by atoms with Gasteiger partial charge in [-0.1, -0.05) is 13.3 Å². The van der Waals surface area contributed by atoms with Gasteiger partial charge >= 0.3 is 0 Å². The third kappa shape index (κ3) is 2.84. The first-order valence-corrected chi connectivity index (χ1v) is 7.90. The minimum Gasteiger partial charge on any atom is -0.306 e. The molecular weight excluding hydrogens is 256 g/mol. The molecule has 0 aromatic rings. The first-order valence-electron chi connectivity index (χ1n) is 6.25. The first-order chi connectivity index (χ1) is 8.39. The number of hydrogen-bond acceptors (Lipinski definition) is 5. The van der Waals surface area contributed by atoms with E-state index in [9.17, 15) is 13.2 Å². The molecule has 0 aromatic heterocycles. The highest BCUT2D eigenvalue weighted by Crippen LogP contribution is 2.32. The third-order valence-corrected chi connectivity index (χ3v) is 6.28. The number of nitrogens with zero attached hydrogens (tertiary/aromatic N) is 1. The van der Waals surface area contributed by atoms with E-state index in [1.54, 1.807) is 0 Å². The van der Waals surface area contributed by atoms with Gasteiger partial charge in [0.2, 0.25) is 0 Å². The smallest absolute Gasteiger partial charge is 0.264 e.